The van der Waals surface area contributed by atoms with Crippen molar-refractivity contribution in [2.75, 3.05) is 32.7 Å². The Bertz CT molecular complexity index is 789. The number of hydrogen-bond donors (Lipinski definition) is 1. The molecule has 1 spiro atoms. The molecule has 4 atom stereocenters. The Labute approximate surface area is 175 Å². The van der Waals surface area contributed by atoms with E-state index in [1.165, 1.54) is 32.4 Å². The maximum absolute atomic E-state index is 13.2. The summed E-state index contributed by atoms with van der Waals surface area (Å²) in [5.41, 5.74) is -0.616. The number of nitrogens with one attached hydrogen (secondary N) is 1. The molecule has 1 N–H and O–H groups in total. The van der Waals surface area contributed by atoms with Gasteiger partial charge in [0.25, 0.3) is 0 Å². The first-order valence-corrected chi connectivity index (χ1v) is 11.7. The SMILES string of the molecule is O=C(NCCCN1CCCCC1)[C@H]1[C@H]2C=C[C@@]3(CN(Cc4cccs4)C(=O)[C@@H]13)O2. The predicted molar refractivity (Wildman–Crippen MR) is 111 cm³/mol. The maximum atomic E-state index is 13.2. The van der Waals surface area contributed by atoms with Gasteiger partial charge in [0.1, 0.15) is 5.60 Å². The van der Waals surface area contributed by atoms with E-state index in [-0.39, 0.29) is 23.8 Å². The van der Waals surface area contributed by atoms with Gasteiger partial charge in [0.05, 0.1) is 31.0 Å². The van der Waals surface area contributed by atoms with Crippen LogP contribution in [0.3, 0.4) is 0 Å². The number of hydrogen-bond acceptors (Lipinski definition) is 5. The molecule has 2 bridgehead atoms. The molecule has 5 rings (SSSR count). The van der Waals surface area contributed by atoms with Gasteiger partial charge in [-0.2, -0.15) is 0 Å². The molecule has 6 nitrogen and oxygen atoms in total. The smallest absolute Gasteiger partial charge is 0.230 e. The molecule has 1 aromatic heterocycles. The van der Waals surface area contributed by atoms with E-state index in [9.17, 15) is 9.59 Å². The van der Waals surface area contributed by atoms with Crippen molar-refractivity contribution in [2.24, 2.45) is 11.8 Å². The highest BCUT2D eigenvalue weighted by molar-refractivity contribution is 7.09. The number of nitrogens with zero attached hydrogens (tertiary/aromatic N) is 2. The molecule has 7 heteroatoms. The van der Waals surface area contributed by atoms with E-state index in [1.54, 1.807) is 11.3 Å². The highest BCUT2D eigenvalue weighted by Gasteiger charge is 2.66. The van der Waals surface area contributed by atoms with Gasteiger partial charge in [-0.1, -0.05) is 24.6 Å². The van der Waals surface area contributed by atoms with E-state index in [0.29, 0.717) is 19.6 Å². The molecule has 2 amide bonds. The summed E-state index contributed by atoms with van der Waals surface area (Å²) in [6.07, 6.45) is 8.60. The second-order valence-corrected chi connectivity index (χ2v) is 9.75. The fourth-order valence-corrected chi connectivity index (χ4v) is 6.14. The minimum absolute atomic E-state index is 0.0313. The summed E-state index contributed by atoms with van der Waals surface area (Å²) >= 11 is 1.65. The average Bonchev–Trinajstić information content (AvgIpc) is 3.49. The largest absolute Gasteiger partial charge is 0.360 e. The van der Waals surface area contributed by atoms with Crippen LogP contribution in [0.25, 0.3) is 0 Å². The summed E-state index contributed by atoms with van der Waals surface area (Å²) in [6.45, 7) is 5.19. The molecule has 0 aliphatic carbocycles. The molecule has 0 radical (unpaired) electrons. The summed E-state index contributed by atoms with van der Waals surface area (Å²) in [7, 11) is 0. The number of rotatable bonds is 7. The fraction of sp³-hybridized carbons (Fsp3) is 0.636. The molecule has 1 aromatic rings. The van der Waals surface area contributed by atoms with Gasteiger partial charge >= 0.3 is 0 Å². The van der Waals surface area contributed by atoms with Crippen molar-refractivity contribution < 1.29 is 14.3 Å². The lowest BCUT2D eigenvalue weighted by atomic mass is 9.77. The van der Waals surface area contributed by atoms with Crippen LogP contribution in [0.4, 0.5) is 0 Å². The van der Waals surface area contributed by atoms with Crippen molar-refractivity contribution in [3.05, 3.63) is 34.5 Å². The predicted octanol–water partition coefficient (Wildman–Crippen LogP) is 2.02. The molecular weight excluding hydrogens is 386 g/mol. The molecule has 3 fully saturated rings. The molecule has 156 valence electrons. The summed E-state index contributed by atoms with van der Waals surface area (Å²) < 4.78 is 6.20. The fourth-order valence-electron chi connectivity index (χ4n) is 5.42. The van der Waals surface area contributed by atoms with Crippen molar-refractivity contribution in [2.45, 2.75) is 43.9 Å². The molecule has 4 aliphatic heterocycles. The molecule has 3 saturated heterocycles. The molecular formula is C22H29N3O3S. The minimum Gasteiger partial charge on any atom is -0.360 e. The first kappa shape index (κ1) is 19.3. The van der Waals surface area contributed by atoms with Crippen LogP contribution < -0.4 is 5.32 Å². The van der Waals surface area contributed by atoms with Crippen LogP contribution in [0.1, 0.15) is 30.6 Å². The van der Waals surface area contributed by atoms with Crippen molar-refractivity contribution >= 4 is 23.2 Å². The van der Waals surface area contributed by atoms with E-state index >= 15 is 0 Å². The quantitative estimate of drug-likeness (QED) is 0.547. The van der Waals surface area contributed by atoms with Gasteiger partial charge in [-0.3, -0.25) is 9.59 Å². The number of likely N-dealkylation sites (tertiary alicyclic amines) is 2. The third-order valence-electron chi connectivity index (χ3n) is 6.81. The second-order valence-electron chi connectivity index (χ2n) is 8.72. The van der Waals surface area contributed by atoms with E-state index in [0.717, 1.165) is 17.8 Å². The summed E-state index contributed by atoms with van der Waals surface area (Å²) in [6, 6.07) is 4.05. The maximum Gasteiger partial charge on any atom is 0.230 e. The molecule has 0 aromatic carbocycles. The zero-order valence-corrected chi connectivity index (χ0v) is 17.5. The lowest BCUT2D eigenvalue weighted by Gasteiger charge is -2.26. The Morgan fingerprint density at radius 3 is 2.97 bits per heavy atom. The van der Waals surface area contributed by atoms with Crippen LogP contribution in [0.5, 0.6) is 0 Å². The molecule has 29 heavy (non-hydrogen) atoms. The van der Waals surface area contributed by atoms with Crippen LogP contribution in [-0.2, 0) is 20.9 Å². The van der Waals surface area contributed by atoms with E-state index in [1.807, 2.05) is 34.6 Å². The second kappa shape index (κ2) is 7.85. The highest BCUT2D eigenvalue weighted by Crippen LogP contribution is 2.52. The van der Waals surface area contributed by atoms with Gasteiger partial charge < -0.3 is 19.9 Å². The number of carbonyl (C=O) groups excluding carboxylic acids is 2. The van der Waals surface area contributed by atoms with E-state index in [2.05, 4.69) is 10.2 Å². The van der Waals surface area contributed by atoms with Crippen LogP contribution in [0.2, 0.25) is 0 Å². The van der Waals surface area contributed by atoms with Gasteiger partial charge in [0, 0.05) is 11.4 Å². The van der Waals surface area contributed by atoms with Gasteiger partial charge in [-0.15, -0.1) is 11.3 Å². The van der Waals surface area contributed by atoms with Gasteiger partial charge in [-0.05, 0) is 50.3 Å². The van der Waals surface area contributed by atoms with Crippen molar-refractivity contribution in [1.82, 2.24) is 15.1 Å². The Kier molecular flexibility index (Phi) is 5.22. The Hall–Kier alpha value is -1.70. The minimum atomic E-state index is -0.616. The average molecular weight is 416 g/mol. The van der Waals surface area contributed by atoms with Crippen LogP contribution in [0.15, 0.2) is 29.7 Å². The molecule has 4 aliphatic rings. The number of thiophene rings is 1. The van der Waals surface area contributed by atoms with Gasteiger partial charge in [0.2, 0.25) is 11.8 Å². The van der Waals surface area contributed by atoms with Crippen LogP contribution in [0, 0.1) is 11.8 Å². The Morgan fingerprint density at radius 2 is 2.17 bits per heavy atom. The zero-order chi connectivity index (χ0) is 19.8. The first-order valence-electron chi connectivity index (χ1n) is 10.8. The first-order chi connectivity index (χ1) is 14.2. The number of fused-ring (bicyclic) bond motifs is 1. The Balaban J connectivity index is 1.19. The number of piperidine rings is 1. The van der Waals surface area contributed by atoms with E-state index < -0.39 is 11.5 Å². The van der Waals surface area contributed by atoms with Crippen LogP contribution in [-0.4, -0.2) is 66.0 Å². The monoisotopic (exact) mass is 415 g/mol. The molecule has 5 heterocycles. The molecule has 0 unspecified atom stereocenters. The third kappa shape index (κ3) is 3.53. The van der Waals surface area contributed by atoms with E-state index in [4.69, 9.17) is 4.74 Å². The van der Waals surface area contributed by atoms with Gasteiger partial charge in [-0.25, -0.2) is 0 Å². The lowest BCUT2D eigenvalue weighted by molar-refractivity contribution is -0.137. The summed E-state index contributed by atoms with van der Waals surface area (Å²) in [5.74, 6) is -0.773. The summed E-state index contributed by atoms with van der Waals surface area (Å²) in [4.78, 5) is 31.7. The number of carbonyl (C=O) groups is 2. The normalized spacial score (nSPS) is 33.4. The topological polar surface area (TPSA) is 61.9 Å². The molecule has 0 saturated carbocycles. The summed E-state index contributed by atoms with van der Waals surface area (Å²) in [5, 5.41) is 5.12. The van der Waals surface area contributed by atoms with Crippen LogP contribution >= 0.6 is 11.3 Å². The number of amides is 2. The van der Waals surface area contributed by atoms with Gasteiger partial charge in [0.15, 0.2) is 0 Å². The van der Waals surface area contributed by atoms with Crippen molar-refractivity contribution in [1.29, 1.82) is 0 Å². The zero-order valence-electron chi connectivity index (χ0n) is 16.7. The standard InChI is InChI=1S/C22H29N3O3S/c26-20(23-9-5-12-24-10-2-1-3-11-24)18-17-7-8-22(28-17)15-25(21(27)19(18)22)14-16-6-4-13-29-16/h4,6-8,13,17-19H,1-3,5,9-12,14-15H2,(H,23,26)/t17-,18+,19-,22+/m1/s1. The Morgan fingerprint density at radius 1 is 1.31 bits per heavy atom. The third-order valence-corrected chi connectivity index (χ3v) is 7.67. The number of ether oxygens (including phenoxy) is 1. The highest BCUT2D eigenvalue weighted by atomic mass is 32.1. The lowest BCUT2D eigenvalue weighted by Crippen LogP contribution is -2.44. The van der Waals surface area contributed by atoms with Crippen molar-refractivity contribution in [3.8, 4) is 0 Å². The van der Waals surface area contributed by atoms with Crippen molar-refractivity contribution in [3.63, 3.8) is 0 Å².